The normalized spacial score (nSPS) is 53.8. The lowest BCUT2D eigenvalue weighted by Crippen LogP contribution is -2.28. The van der Waals surface area contributed by atoms with Crippen molar-refractivity contribution in [3.8, 4) is 0 Å². The van der Waals surface area contributed by atoms with E-state index >= 15 is 0 Å². The van der Waals surface area contributed by atoms with E-state index in [1.807, 2.05) is 0 Å². The van der Waals surface area contributed by atoms with Gasteiger partial charge in [-0.05, 0) is 91.3 Å². The molecule has 6 unspecified atom stereocenters. The Morgan fingerprint density at radius 2 is 1.21 bits per heavy atom. The summed E-state index contributed by atoms with van der Waals surface area (Å²) in [6.07, 6.45) is 12.1. The molecule has 0 spiro atoms. The van der Waals surface area contributed by atoms with Crippen molar-refractivity contribution in [2.24, 2.45) is 59.2 Å². The molecule has 0 aromatic carbocycles. The fraction of sp³-hybridized carbons (Fsp3) is 1.00. The lowest BCUT2D eigenvalue weighted by atomic mass is 9.69. The van der Waals surface area contributed by atoms with E-state index in [2.05, 4.69) is 41.5 Å². The molecule has 0 amide bonds. The van der Waals surface area contributed by atoms with Crippen LogP contribution in [0.2, 0.25) is 0 Å². The van der Waals surface area contributed by atoms with E-state index in [1.54, 1.807) is 0 Å². The average molecular weight is 333 g/mol. The first-order valence-corrected chi connectivity index (χ1v) is 11.4. The minimum atomic E-state index is 0.997. The second-order valence-corrected chi connectivity index (χ2v) is 10.7. The maximum absolute atomic E-state index is 2.49. The summed E-state index contributed by atoms with van der Waals surface area (Å²) in [6.45, 7) is 14.8. The zero-order valence-electron chi connectivity index (χ0n) is 17.4. The number of hydrogen-bond donors (Lipinski definition) is 0. The first-order valence-electron chi connectivity index (χ1n) is 11.4. The zero-order chi connectivity index (χ0) is 17.4. The number of rotatable bonds is 0. The van der Waals surface area contributed by atoms with Crippen molar-refractivity contribution in [3.05, 3.63) is 0 Å². The van der Waals surface area contributed by atoms with Crippen molar-refractivity contribution in [2.45, 2.75) is 92.9 Å². The Bertz CT molecular complexity index is 397. The SMILES string of the molecule is CC1C[C@@H]2C(C)CCC[C@@H]2C1C.CC1C[C@@H]2CCC(C)C(C)[C@@H]2C1. The third-order valence-electron chi connectivity index (χ3n) is 9.25. The molecule has 4 rings (SSSR count). The molecule has 140 valence electrons. The fourth-order valence-electron chi connectivity index (χ4n) is 7.23. The molecule has 0 aromatic rings. The van der Waals surface area contributed by atoms with E-state index in [1.165, 1.54) is 51.4 Å². The third kappa shape index (κ3) is 3.73. The lowest BCUT2D eigenvalue weighted by molar-refractivity contribution is 0.137. The Morgan fingerprint density at radius 3 is 1.92 bits per heavy atom. The van der Waals surface area contributed by atoms with E-state index < -0.39 is 0 Å². The minimum Gasteiger partial charge on any atom is -0.0625 e. The van der Waals surface area contributed by atoms with Crippen molar-refractivity contribution in [1.82, 2.24) is 0 Å². The van der Waals surface area contributed by atoms with Crippen LogP contribution < -0.4 is 0 Å². The zero-order valence-corrected chi connectivity index (χ0v) is 17.4. The van der Waals surface area contributed by atoms with Crippen molar-refractivity contribution in [3.63, 3.8) is 0 Å². The molecule has 4 saturated carbocycles. The molecule has 4 aliphatic rings. The summed E-state index contributed by atoms with van der Waals surface area (Å²) in [5.74, 6) is 10.4. The maximum Gasteiger partial charge on any atom is -0.0355 e. The summed E-state index contributed by atoms with van der Waals surface area (Å²) < 4.78 is 0. The van der Waals surface area contributed by atoms with E-state index in [4.69, 9.17) is 0 Å². The number of fused-ring (bicyclic) bond motifs is 2. The van der Waals surface area contributed by atoms with E-state index in [0.717, 1.165) is 59.2 Å². The van der Waals surface area contributed by atoms with Crippen molar-refractivity contribution in [1.29, 1.82) is 0 Å². The van der Waals surface area contributed by atoms with Gasteiger partial charge in [-0.15, -0.1) is 0 Å². The molecular formula is C24H44. The van der Waals surface area contributed by atoms with Gasteiger partial charge in [0.25, 0.3) is 0 Å². The topological polar surface area (TPSA) is 0 Å². The van der Waals surface area contributed by atoms with Gasteiger partial charge in [-0.3, -0.25) is 0 Å². The molecule has 0 aromatic heterocycles. The van der Waals surface area contributed by atoms with Crippen LogP contribution in [-0.2, 0) is 0 Å². The fourth-order valence-corrected chi connectivity index (χ4v) is 7.23. The predicted octanol–water partition coefficient (Wildman–Crippen LogP) is 7.43. The van der Waals surface area contributed by atoms with Crippen LogP contribution in [0.15, 0.2) is 0 Å². The van der Waals surface area contributed by atoms with E-state index in [0.29, 0.717) is 0 Å². The molecule has 0 heteroatoms. The highest BCUT2D eigenvalue weighted by atomic mass is 14.5. The first kappa shape index (κ1) is 18.8. The van der Waals surface area contributed by atoms with Gasteiger partial charge in [0.15, 0.2) is 0 Å². The van der Waals surface area contributed by atoms with E-state index in [9.17, 15) is 0 Å². The lowest BCUT2D eigenvalue weighted by Gasteiger charge is -2.36. The molecule has 4 aliphatic carbocycles. The first-order chi connectivity index (χ1) is 11.4. The summed E-state index contributed by atoms with van der Waals surface area (Å²) in [5, 5.41) is 0. The highest BCUT2D eigenvalue weighted by Gasteiger charge is 2.42. The van der Waals surface area contributed by atoms with Gasteiger partial charge in [-0.1, -0.05) is 60.8 Å². The van der Waals surface area contributed by atoms with Crippen LogP contribution in [0.5, 0.6) is 0 Å². The Kier molecular flexibility index (Phi) is 6.03. The van der Waals surface area contributed by atoms with Gasteiger partial charge in [0.05, 0.1) is 0 Å². The van der Waals surface area contributed by atoms with Gasteiger partial charge in [0.1, 0.15) is 0 Å². The van der Waals surface area contributed by atoms with Crippen LogP contribution in [0.25, 0.3) is 0 Å². The van der Waals surface area contributed by atoms with Crippen molar-refractivity contribution >= 4 is 0 Å². The van der Waals surface area contributed by atoms with E-state index in [-0.39, 0.29) is 0 Å². The smallest absolute Gasteiger partial charge is 0.0355 e. The van der Waals surface area contributed by atoms with Crippen LogP contribution in [0, 0.1) is 59.2 Å². The van der Waals surface area contributed by atoms with Gasteiger partial charge < -0.3 is 0 Å². The molecule has 0 radical (unpaired) electrons. The summed E-state index contributed by atoms with van der Waals surface area (Å²) in [5.41, 5.74) is 0. The predicted molar refractivity (Wildman–Crippen MR) is 106 cm³/mol. The molecule has 4 fully saturated rings. The summed E-state index contributed by atoms with van der Waals surface area (Å²) >= 11 is 0. The Morgan fingerprint density at radius 1 is 0.500 bits per heavy atom. The largest absolute Gasteiger partial charge is 0.0625 e. The standard InChI is InChI=1S/2C12H22/c1-8-6-11-5-4-9(2)10(3)12(11)7-8;1-8-5-4-6-11-10(3)9(2)7-12(8)11/h2*8-12H,4-7H2,1-3H3/t2*8?,9?,10?,11-,12-/m01/s1. The van der Waals surface area contributed by atoms with Gasteiger partial charge >= 0.3 is 0 Å². The Balaban J connectivity index is 0.000000141. The second kappa shape index (κ2) is 7.71. The minimum absolute atomic E-state index is 0.997. The van der Waals surface area contributed by atoms with Crippen LogP contribution in [0.3, 0.4) is 0 Å². The quantitative estimate of drug-likeness (QED) is 0.432. The summed E-state index contributed by atoms with van der Waals surface area (Å²) in [6, 6.07) is 0. The highest BCUT2D eigenvalue weighted by Crippen LogP contribution is 2.51. The van der Waals surface area contributed by atoms with Crippen molar-refractivity contribution in [2.75, 3.05) is 0 Å². The van der Waals surface area contributed by atoms with Crippen LogP contribution >= 0.6 is 0 Å². The molecule has 0 heterocycles. The molecule has 0 aliphatic heterocycles. The third-order valence-corrected chi connectivity index (χ3v) is 9.25. The molecule has 0 N–H and O–H groups in total. The van der Waals surface area contributed by atoms with Crippen LogP contribution in [-0.4, -0.2) is 0 Å². The molecule has 24 heavy (non-hydrogen) atoms. The molecule has 10 atom stereocenters. The highest BCUT2D eigenvalue weighted by molar-refractivity contribution is 4.92. The average Bonchev–Trinajstić information content (AvgIpc) is 3.07. The second-order valence-electron chi connectivity index (χ2n) is 10.7. The Labute approximate surface area is 152 Å². The van der Waals surface area contributed by atoms with Crippen LogP contribution in [0.1, 0.15) is 92.9 Å². The van der Waals surface area contributed by atoms with Crippen molar-refractivity contribution < 1.29 is 0 Å². The molecule has 0 bridgehead atoms. The van der Waals surface area contributed by atoms with Crippen LogP contribution in [0.4, 0.5) is 0 Å². The maximum atomic E-state index is 2.49. The molecule has 0 nitrogen and oxygen atoms in total. The Hall–Kier alpha value is 0. The monoisotopic (exact) mass is 332 g/mol. The van der Waals surface area contributed by atoms with Gasteiger partial charge in [-0.25, -0.2) is 0 Å². The number of hydrogen-bond acceptors (Lipinski definition) is 0. The molecule has 0 saturated heterocycles. The van der Waals surface area contributed by atoms with Gasteiger partial charge in [-0.2, -0.15) is 0 Å². The summed E-state index contributed by atoms with van der Waals surface area (Å²) in [4.78, 5) is 0. The molecular weight excluding hydrogens is 288 g/mol. The van der Waals surface area contributed by atoms with Gasteiger partial charge in [0, 0.05) is 0 Å². The summed E-state index contributed by atoms with van der Waals surface area (Å²) in [7, 11) is 0. The van der Waals surface area contributed by atoms with Gasteiger partial charge in [0.2, 0.25) is 0 Å².